The third-order valence-electron chi connectivity index (χ3n) is 4.05. The topological polar surface area (TPSA) is 84.2 Å². The molecule has 3 rings (SSSR count). The minimum atomic E-state index is -0.616. The minimum Gasteiger partial charge on any atom is -0.399 e. The molecule has 0 unspecified atom stereocenters. The number of piperazine rings is 1. The average molecular weight is 259 g/mol. The Morgan fingerprint density at radius 3 is 2.47 bits per heavy atom. The predicted octanol–water partition coefficient (Wildman–Crippen LogP) is 0.349. The second kappa shape index (κ2) is 4.26. The van der Waals surface area contributed by atoms with Gasteiger partial charge in [0.05, 0.1) is 0 Å². The van der Waals surface area contributed by atoms with E-state index in [2.05, 4.69) is 10.6 Å². The van der Waals surface area contributed by atoms with Gasteiger partial charge in [0.2, 0.25) is 11.8 Å². The molecule has 2 fully saturated rings. The zero-order valence-electron chi connectivity index (χ0n) is 10.6. The highest BCUT2D eigenvalue weighted by molar-refractivity contribution is 6.00. The van der Waals surface area contributed by atoms with Crippen molar-refractivity contribution < 1.29 is 9.59 Å². The summed E-state index contributed by atoms with van der Waals surface area (Å²) in [6, 6.07) is 6.86. The molecule has 2 aliphatic rings. The summed E-state index contributed by atoms with van der Waals surface area (Å²) >= 11 is 0. The lowest BCUT2D eigenvalue weighted by molar-refractivity contribution is -0.145. The molecule has 0 aromatic heterocycles. The average Bonchev–Trinajstić information content (AvgIpc) is 2.34. The van der Waals surface area contributed by atoms with Gasteiger partial charge in [-0.1, -0.05) is 12.1 Å². The molecule has 2 amide bonds. The molecule has 1 aromatic rings. The van der Waals surface area contributed by atoms with E-state index in [9.17, 15) is 9.59 Å². The normalized spacial score (nSPS) is 24.5. The Bertz CT molecular complexity index is 520. The number of rotatable bonds is 2. The van der Waals surface area contributed by atoms with Crippen LogP contribution in [0.4, 0.5) is 5.69 Å². The maximum absolute atomic E-state index is 12.1. The van der Waals surface area contributed by atoms with Gasteiger partial charge in [0.15, 0.2) is 0 Å². The lowest BCUT2D eigenvalue weighted by Gasteiger charge is -2.45. The molecule has 1 aliphatic heterocycles. The van der Waals surface area contributed by atoms with E-state index >= 15 is 0 Å². The van der Waals surface area contributed by atoms with Gasteiger partial charge in [0.1, 0.15) is 11.6 Å². The molecule has 0 radical (unpaired) electrons. The minimum absolute atomic E-state index is 0.0428. The van der Waals surface area contributed by atoms with E-state index in [-0.39, 0.29) is 11.8 Å². The van der Waals surface area contributed by atoms with Gasteiger partial charge in [0, 0.05) is 12.1 Å². The maximum Gasteiger partial charge on any atom is 0.246 e. The summed E-state index contributed by atoms with van der Waals surface area (Å²) in [5.74, 6) is -0.130. The number of nitrogens with two attached hydrogens (primary N) is 1. The van der Waals surface area contributed by atoms with Gasteiger partial charge >= 0.3 is 0 Å². The molecule has 1 aromatic carbocycles. The summed E-state index contributed by atoms with van der Waals surface area (Å²) < 4.78 is 0. The second-order valence-corrected chi connectivity index (χ2v) is 5.40. The van der Waals surface area contributed by atoms with E-state index in [4.69, 9.17) is 5.73 Å². The monoisotopic (exact) mass is 259 g/mol. The molecule has 19 heavy (non-hydrogen) atoms. The number of hydrogen-bond acceptors (Lipinski definition) is 3. The van der Waals surface area contributed by atoms with Crippen LogP contribution < -0.4 is 16.4 Å². The molecule has 0 bridgehead atoms. The largest absolute Gasteiger partial charge is 0.399 e. The highest BCUT2D eigenvalue weighted by atomic mass is 16.2. The molecule has 1 saturated heterocycles. The summed E-state index contributed by atoms with van der Waals surface area (Å²) in [6.07, 6.45) is 2.99. The lowest BCUT2D eigenvalue weighted by atomic mass is 9.74. The van der Waals surface area contributed by atoms with Crippen molar-refractivity contribution in [3.63, 3.8) is 0 Å². The van der Waals surface area contributed by atoms with Crippen LogP contribution in [-0.4, -0.2) is 23.4 Å². The first-order chi connectivity index (χ1) is 9.09. The van der Waals surface area contributed by atoms with Crippen LogP contribution >= 0.6 is 0 Å². The van der Waals surface area contributed by atoms with E-state index in [0.29, 0.717) is 12.1 Å². The summed E-state index contributed by atoms with van der Waals surface area (Å²) in [7, 11) is 0. The number of nitrogens with one attached hydrogen (secondary N) is 2. The highest BCUT2D eigenvalue weighted by Crippen LogP contribution is 2.34. The van der Waals surface area contributed by atoms with Crippen molar-refractivity contribution in [1.29, 1.82) is 0 Å². The fourth-order valence-electron chi connectivity index (χ4n) is 2.66. The Labute approximate surface area is 111 Å². The Kier molecular flexibility index (Phi) is 2.69. The fourth-order valence-corrected chi connectivity index (χ4v) is 2.66. The number of anilines is 1. The highest BCUT2D eigenvalue weighted by Gasteiger charge is 2.50. The van der Waals surface area contributed by atoms with E-state index in [0.717, 1.165) is 24.8 Å². The SMILES string of the molecule is Nc1ccc(C[C@@H]2NC(=O)C3(CCC3)NC2=O)cc1. The van der Waals surface area contributed by atoms with Crippen molar-refractivity contribution >= 4 is 17.5 Å². The third kappa shape index (κ3) is 2.05. The molecule has 5 heteroatoms. The van der Waals surface area contributed by atoms with Crippen LogP contribution in [0.3, 0.4) is 0 Å². The summed E-state index contributed by atoms with van der Waals surface area (Å²) in [4.78, 5) is 24.1. The Balaban J connectivity index is 1.70. The number of carbonyl (C=O) groups excluding carboxylic acids is 2. The molecule has 1 atom stereocenters. The number of nitrogen functional groups attached to an aromatic ring is 1. The molecule has 1 saturated carbocycles. The van der Waals surface area contributed by atoms with Crippen LogP contribution in [-0.2, 0) is 16.0 Å². The summed E-state index contributed by atoms with van der Waals surface area (Å²) in [5, 5.41) is 5.72. The Morgan fingerprint density at radius 2 is 1.89 bits per heavy atom. The van der Waals surface area contributed by atoms with Gasteiger partial charge in [-0.2, -0.15) is 0 Å². The van der Waals surface area contributed by atoms with Gasteiger partial charge in [0.25, 0.3) is 0 Å². The van der Waals surface area contributed by atoms with Crippen molar-refractivity contribution in [2.24, 2.45) is 0 Å². The number of carbonyl (C=O) groups is 2. The zero-order chi connectivity index (χ0) is 13.5. The van der Waals surface area contributed by atoms with Gasteiger partial charge < -0.3 is 16.4 Å². The second-order valence-electron chi connectivity index (χ2n) is 5.40. The smallest absolute Gasteiger partial charge is 0.246 e. The van der Waals surface area contributed by atoms with Crippen LogP contribution in [0, 0.1) is 0 Å². The van der Waals surface area contributed by atoms with Crippen molar-refractivity contribution in [3.8, 4) is 0 Å². The first-order valence-corrected chi connectivity index (χ1v) is 6.56. The van der Waals surface area contributed by atoms with Crippen molar-refractivity contribution in [1.82, 2.24) is 10.6 Å². The van der Waals surface area contributed by atoms with Gasteiger partial charge in [-0.05, 0) is 37.0 Å². The van der Waals surface area contributed by atoms with E-state index in [1.54, 1.807) is 12.1 Å². The van der Waals surface area contributed by atoms with Crippen LogP contribution in [0.5, 0.6) is 0 Å². The number of amides is 2. The van der Waals surface area contributed by atoms with Crippen LogP contribution in [0.15, 0.2) is 24.3 Å². The summed E-state index contributed by atoms with van der Waals surface area (Å²) in [6.45, 7) is 0. The van der Waals surface area contributed by atoms with Crippen molar-refractivity contribution in [2.45, 2.75) is 37.3 Å². The van der Waals surface area contributed by atoms with Gasteiger partial charge in [-0.25, -0.2) is 0 Å². The first-order valence-electron chi connectivity index (χ1n) is 6.56. The van der Waals surface area contributed by atoms with Gasteiger partial charge in [-0.15, -0.1) is 0 Å². The van der Waals surface area contributed by atoms with E-state index < -0.39 is 11.6 Å². The maximum atomic E-state index is 12.1. The van der Waals surface area contributed by atoms with Crippen molar-refractivity contribution in [3.05, 3.63) is 29.8 Å². The molecule has 4 N–H and O–H groups in total. The molecular formula is C14H17N3O2. The quantitative estimate of drug-likeness (QED) is 0.670. The molecule has 1 aliphatic carbocycles. The number of benzene rings is 1. The van der Waals surface area contributed by atoms with Crippen LogP contribution in [0.25, 0.3) is 0 Å². The predicted molar refractivity (Wildman–Crippen MR) is 71.2 cm³/mol. The van der Waals surface area contributed by atoms with Crippen LogP contribution in [0.2, 0.25) is 0 Å². The molecule has 1 heterocycles. The molecule has 1 spiro atoms. The van der Waals surface area contributed by atoms with E-state index in [1.807, 2.05) is 12.1 Å². The van der Waals surface area contributed by atoms with Crippen LogP contribution in [0.1, 0.15) is 24.8 Å². The zero-order valence-corrected chi connectivity index (χ0v) is 10.6. The Hall–Kier alpha value is -2.04. The Morgan fingerprint density at radius 1 is 1.21 bits per heavy atom. The first kappa shape index (κ1) is 12.0. The molecule has 100 valence electrons. The fraction of sp³-hybridized carbons (Fsp3) is 0.429. The standard InChI is InChI=1S/C14H17N3O2/c15-10-4-2-9(3-5-10)8-11-12(18)17-14(6-1-7-14)13(19)16-11/h2-5,11H,1,6-8,15H2,(H,16,19)(H,17,18)/t11-/m0/s1. The van der Waals surface area contributed by atoms with Gasteiger partial charge in [-0.3, -0.25) is 9.59 Å². The number of hydrogen-bond donors (Lipinski definition) is 3. The molecule has 5 nitrogen and oxygen atoms in total. The summed E-state index contributed by atoms with van der Waals surface area (Å²) in [5.41, 5.74) is 6.68. The van der Waals surface area contributed by atoms with Crippen molar-refractivity contribution in [2.75, 3.05) is 5.73 Å². The van der Waals surface area contributed by atoms with E-state index in [1.165, 1.54) is 0 Å². The molecular weight excluding hydrogens is 242 g/mol. The lowest BCUT2D eigenvalue weighted by Crippen LogP contribution is -2.72. The third-order valence-corrected chi connectivity index (χ3v) is 4.05.